The van der Waals surface area contributed by atoms with Gasteiger partial charge in [0.2, 0.25) is 10.0 Å². The van der Waals surface area contributed by atoms with Crippen molar-refractivity contribution in [2.24, 2.45) is 0 Å². The fraction of sp³-hybridized carbons (Fsp3) is 0.300. The molecule has 0 saturated carbocycles. The molecule has 0 amide bonds. The molecule has 2 aromatic carbocycles. The molecule has 0 N–H and O–H groups in total. The molecule has 0 spiro atoms. The van der Waals surface area contributed by atoms with Crippen LogP contribution >= 0.6 is 0 Å². The number of benzene rings is 2. The smallest absolute Gasteiger partial charge is 0.324 e. The highest BCUT2D eigenvalue weighted by molar-refractivity contribution is 7.89. The molecule has 0 unspecified atom stereocenters. The van der Waals surface area contributed by atoms with Crippen molar-refractivity contribution >= 4 is 21.8 Å². The molecule has 1 heterocycles. The summed E-state index contributed by atoms with van der Waals surface area (Å²) >= 11 is 0. The van der Waals surface area contributed by atoms with E-state index in [-0.39, 0.29) is 17.2 Å². The Balaban J connectivity index is 1.69. The van der Waals surface area contributed by atoms with Gasteiger partial charge in [-0.3, -0.25) is 9.59 Å². The van der Waals surface area contributed by atoms with Gasteiger partial charge in [0.15, 0.2) is 12.4 Å². The predicted octanol–water partition coefficient (Wildman–Crippen LogP) is 2.27. The second-order valence-corrected chi connectivity index (χ2v) is 8.24. The van der Waals surface area contributed by atoms with Gasteiger partial charge in [-0.25, -0.2) is 8.42 Å². The first kappa shape index (κ1) is 20.0. The van der Waals surface area contributed by atoms with E-state index in [1.165, 1.54) is 19.2 Å². The topological polar surface area (TPSA) is 90.0 Å². The second-order valence-electron chi connectivity index (χ2n) is 6.35. The summed E-state index contributed by atoms with van der Waals surface area (Å²) in [4.78, 5) is 24.6. The summed E-state index contributed by atoms with van der Waals surface area (Å²) in [5, 5.41) is 0. The fourth-order valence-electron chi connectivity index (χ4n) is 3.09. The summed E-state index contributed by atoms with van der Waals surface area (Å²) in [7, 11) is -2.36. The average Bonchev–Trinajstić information content (AvgIpc) is 3.23. The van der Waals surface area contributed by atoms with E-state index in [1.54, 1.807) is 42.5 Å². The number of rotatable bonds is 7. The van der Waals surface area contributed by atoms with Gasteiger partial charge in [-0.05, 0) is 37.1 Å². The number of methoxy groups -OCH3 is 1. The maximum absolute atomic E-state index is 12.9. The molecule has 1 saturated heterocycles. The monoisotopic (exact) mass is 403 g/mol. The molecule has 0 aromatic heterocycles. The van der Waals surface area contributed by atoms with Gasteiger partial charge >= 0.3 is 5.97 Å². The fourth-order valence-corrected chi connectivity index (χ4v) is 4.73. The lowest BCUT2D eigenvalue weighted by Crippen LogP contribution is -2.41. The van der Waals surface area contributed by atoms with Crippen LogP contribution in [0.4, 0.5) is 0 Å². The van der Waals surface area contributed by atoms with Gasteiger partial charge < -0.3 is 9.47 Å². The number of Topliss-reactive ketones (excluding diaryl/α,β-unsaturated/α-hetero) is 1. The first-order valence-electron chi connectivity index (χ1n) is 8.84. The van der Waals surface area contributed by atoms with Gasteiger partial charge in [0.25, 0.3) is 0 Å². The molecule has 3 rings (SSSR count). The molecule has 28 heavy (non-hydrogen) atoms. The SMILES string of the molecule is COc1ccc(S(=O)(=O)N2CCC[C@H]2C(=O)OCC(=O)c2ccccc2)cc1. The van der Waals surface area contributed by atoms with E-state index in [9.17, 15) is 18.0 Å². The zero-order chi connectivity index (χ0) is 20.1. The summed E-state index contributed by atoms with van der Waals surface area (Å²) in [6.07, 6.45) is 0.898. The van der Waals surface area contributed by atoms with E-state index in [2.05, 4.69) is 0 Å². The average molecular weight is 403 g/mol. The van der Waals surface area contributed by atoms with Gasteiger partial charge in [0, 0.05) is 12.1 Å². The zero-order valence-corrected chi connectivity index (χ0v) is 16.2. The molecule has 1 fully saturated rings. The van der Waals surface area contributed by atoms with E-state index in [4.69, 9.17) is 9.47 Å². The van der Waals surface area contributed by atoms with Crippen LogP contribution in [0.2, 0.25) is 0 Å². The number of sulfonamides is 1. The van der Waals surface area contributed by atoms with Crippen molar-refractivity contribution in [3.8, 4) is 5.75 Å². The molecule has 1 aliphatic heterocycles. The molecule has 0 bridgehead atoms. The largest absolute Gasteiger partial charge is 0.497 e. The zero-order valence-electron chi connectivity index (χ0n) is 15.4. The number of hydrogen-bond donors (Lipinski definition) is 0. The first-order valence-corrected chi connectivity index (χ1v) is 10.3. The molecule has 1 atom stereocenters. The van der Waals surface area contributed by atoms with Gasteiger partial charge in [0.1, 0.15) is 11.8 Å². The van der Waals surface area contributed by atoms with E-state index in [0.29, 0.717) is 24.2 Å². The summed E-state index contributed by atoms with van der Waals surface area (Å²) in [5.74, 6) is -0.508. The summed E-state index contributed by atoms with van der Waals surface area (Å²) < 4.78 is 37.1. The lowest BCUT2D eigenvalue weighted by atomic mass is 10.1. The molecule has 0 radical (unpaired) electrons. The minimum absolute atomic E-state index is 0.0772. The molecule has 0 aliphatic carbocycles. The Morgan fingerprint density at radius 2 is 1.75 bits per heavy atom. The minimum Gasteiger partial charge on any atom is -0.497 e. The predicted molar refractivity (Wildman–Crippen MR) is 102 cm³/mol. The molecular formula is C20H21NO6S. The van der Waals surface area contributed by atoms with Crippen molar-refractivity contribution in [3.63, 3.8) is 0 Å². The highest BCUT2D eigenvalue weighted by atomic mass is 32.2. The van der Waals surface area contributed by atoms with Crippen molar-refractivity contribution in [1.29, 1.82) is 0 Å². The van der Waals surface area contributed by atoms with Crippen LogP contribution in [-0.2, 0) is 19.6 Å². The molecule has 148 valence electrons. The molecular weight excluding hydrogens is 382 g/mol. The highest BCUT2D eigenvalue weighted by Crippen LogP contribution is 2.28. The number of nitrogens with zero attached hydrogens (tertiary/aromatic N) is 1. The minimum atomic E-state index is -3.86. The third-order valence-corrected chi connectivity index (χ3v) is 6.51. The van der Waals surface area contributed by atoms with Crippen LogP contribution in [0.5, 0.6) is 5.75 Å². The van der Waals surface area contributed by atoms with Crippen molar-refractivity contribution in [3.05, 3.63) is 60.2 Å². The highest BCUT2D eigenvalue weighted by Gasteiger charge is 2.40. The number of carbonyl (C=O) groups excluding carboxylic acids is 2. The molecule has 1 aliphatic rings. The van der Waals surface area contributed by atoms with Crippen molar-refractivity contribution in [2.75, 3.05) is 20.3 Å². The van der Waals surface area contributed by atoms with Crippen LogP contribution in [0, 0.1) is 0 Å². The summed E-state index contributed by atoms with van der Waals surface area (Å²) in [6, 6.07) is 13.5. The third-order valence-electron chi connectivity index (χ3n) is 4.58. The van der Waals surface area contributed by atoms with Crippen LogP contribution in [0.25, 0.3) is 0 Å². The first-order chi connectivity index (χ1) is 13.4. The van der Waals surface area contributed by atoms with E-state index < -0.39 is 28.6 Å². The molecule has 2 aromatic rings. The van der Waals surface area contributed by atoms with Gasteiger partial charge in [-0.15, -0.1) is 0 Å². The Morgan fingerprint density at radius 3 is 2.39 bits per heavy atom. The van der Waals surface area contributed by atoms with Gasteiger partial charge in [-0.1, -0.05) is 30.3 Å². The number of carbonyl (C=O) groups is 2. The number of ether oxygens (including phenoxy) is 2. The van der Waals surface area contributed by atoms with Gasteiger partial charge in [-0.2, -0.15) is 4.31 Å². The maximum atomic E-state index is 12.9. The Bertz CT molecular complexity index is 940. The number of hydrogen-bond acceptors (Lipinski definition) is 6. The lowest BCUT2D eigenvalue weighted by molar-refractivity contribution is -0.146. The van der Waals surface area contributed by atoms with E-state index in [0.717, 1.165) is 4.31 Å². The number of ketones is 1. The van der Waals surface area contributed by atoms with E-state index >= 15 is 0 Å². The summed E-state index contributed by atoms with van der Waals surface area (Å²) in [5.41, 5.74) is 0.435. The normalized spacial score (nSPS) is 17.2. The van der Waals surface area contributed by atoms with Crippen LogP contribution in [0.15, 0.2) is 59.5 Å². The van der Waals surface area contributed by atoms with E-state index in [1.807, 2.05) is 0 Å². The summed E-state index contributed by atoms with van der Waals surface area (Å²) in [6.45, 7) is -0.198. The van der Waals surface area contributed by atoms with Crippen molar-refractivity contribution in [1.82, 2.24) is 4.31 Å². The Hall–Kier alpha value is -2.71. The molecule has 7 nitrogen and oxygen atoms in total. The Morgan fingerprint density at radius 1 is 1.07 bits per heavy atom. The molecule has 8 heteroatoms. The Labute approximate surface area is 163 Å². The maximum Gasteiger partial charge on any atom is 0.324 e. The standard InChI is InChI=1S/C20H21NO6S/c1-26-16-9-11-17(12-10-16)28(24,25)21-13-5-8-18(21)20(23)27-14-19(22)15-6-3-2-4-7-15/h2-4,6-7,9-12,18H,5,8,13-14H2,1H3/t18-/m0/s1. The second kappa shape index (κ2) is 8.53. The van der Waals surface area contributed by atoms with Crippen molar-refractivity contribution in [2.45, 2.75) is 23.8 Å². The quantitative estimate of drug-likeness (QED) is 0.520. The van der Waals surface area contributed by atoms with Crippen LogP contribution in [0.3, 0.4) is 0 Å². The number of esters is 1. The van der Waals surface area contributed by atoms with Gasteiger partial charge in [0.05, 0.1) is 12.0 Å². The van der Waals surface area contributed by atoms with Crippen LogP contribution in [0.1, 0.15) is 23.2 Å². The lowest BCUT2D eigenvalue weighted by Gasteiger charge is -2.22. The van der Waals surface area contributed by atoms with Crippen LogP contribution in [-0.4, -0.2) is 50.8 Å². The van der Waals surface area contributed by atoms with Crippen molar-refractivity contribution < 1.29 is 27.5 Å². The third kappa shape index (κ3) is 4.23. The van der Waals surface area contributed by atoms with Crippen LogP contribution < -0.4 is 4.74 Å². The Kier molecular flexibility index (Phi) is 6.11.